The number of esters is 1. The summed E-state index contributed by atoms with van der Waals surface area (Å²) in [5.41, 5.74) is -0.102. The van der Waals surface area contributed by atoms with Crippen LogP contribution in [-0.2, 0) is 9.57 Å². The fourth-order valence-corrected chi connectivity index (χ4v) is 2.31. The van der Waals surface area contributed by atoms with Crippen molar-refractivity contribution in [2.75, 3.05) is 14.2 Å². The highest BCUT2D eigenvalue weighted by molar-refractivity contribution is 6.07. The van der Waals surface area contributed by atoms with Gasteiger partial charge < -0.3 is 14.3 Å². The molecule has 118 valence electrons. The zero-order valence-electron chi connectivity index (χ0n) is 12.7. The van der Waals surface area contributed by atoms with Gasteiger partial charge in [0.05, 0.1) is 23.3 Å². The van der Waals surface area contributed by atoms with Gasteiger partial charge in [-0.1, -0.05) is 5.16 Å². The first-order valence-electron chi connectivity index (χ1n) is 6.49. The maximum Gasteiger partial charge on any atom is 0.338 e. The topological polar surface area (TPSA) is 100 Å². The second-order valence-corrected chi connectivity index (χ2v) is 5.38. The van der Waals surface area contributed by atoms with Crippen molar-refractivity contribution >= 4 is 17.4 Å². The maximum atomic E-state index is 11.7. The summed E-state index contributed by atoms with van der Waals surface area (Å²) in [5.74, 6) is -0.600. The number of hydrogen-bond donors (Lipinski definition) is 0. The van der Waals surface area contributed by atoms with Crippen molar-refractivity contribution in [3.63, 3.8) is 0 Å². The van der Waals surface area contributed by atoms with Gasteiger partial charge in [-0.3, -0.25) is 10.1 Å². The molecule has 8 heteroatoms. The van der Waals surface area contributed by atoms with Crippen LogP contribution in [0.25, 0.3) is 0 Å². The van der Waals surface area contributed by atoms with E-state index in [9.17, 15) is 14.9 Å². The Hall–Kier alpha value is -2.64. The maximum absolute atomic E-state index is 11.7. The van der Waals surface area contributed by atoms with Crippen LogP contribution in [-0.4, -0.2) is 36.4 Å². The van der Waals surface area contributed by atoms with Crippen molar-refractivity contribution in [3.05, 3.63) is 33.4 Å². The molecule has 1 aliphatic rings. The summed E-state index contributed by atoms with van der Waals surface area (Å²) in [6.07, 6.45) is 0.385. The first-order valence-corrected chi connectivity index (χ1v) is 6.49. The summed E-state index contributed by atoms with van der Waals surface area (Å²) in [5, 5.41) is 15.2. The molecular weight excluding hydrogens is 292 g/mol. The summed E-state index contributed by atoms with van der Waals surface area (Å²) in [6, 6.07) is 2.59. The minimum Gasteiger partial charge on any atom is -0.480 e. The summed E-state index contributed by atoms with van der Waals surface area (Å²) < 4.78 is 10.4. The number of fused-ring (bicyclic) bond motifs is 1. The predicted molar refractivity (Wildman–Crippen MR) is 77.3 cm³/mol. The molecule has 2 rings (SSSR count). The van der Waals surface area contributed by atoms with E-state index < -0.39 is 16.5 Å². The van der Waals surface area contributed by atoms with Crippen LogP contribution in [0.15, 0.2) is 17.3 Å². The molecule has 1 heterocycles. The minimum absolute atomic E-state index is 0.0556. The second-order valence-electron chi connectivity index (χ2n) is 5.38. The molecule has 0 amide bonds. The van der Waals surface area contributed by atoms with Crippen molar-refractivity contribution in [3.8, 4) is 5.75 Å². The lowest BCUT2D eigenvalue weighted by molar-refractivity contribution is -0.386. The Morgan fingerprint density at radius 2 is 2.09 bits per heavy atom. The Morgan fingerprint density at radius 3 is 2.64 bits per heavy atom. The van der Waals surface area contributed by atoms with E-state index in [1.165, 1.54) is 20.3 Å². The highest BCUT2D eigenvalue weighted by Gasteiger charge is 2.37. The number of nitrogens with zero attached hydrogens (tertiary/aromatic N) is 2. The van der Waals surface area contributed by atoms with Crippen LogP contribution in [0.5, 0.6) is 5.75 Å². The number of hydrogen-bond acceptors (Lipinski definition) is 7. The van der Waals surface area contributed by atoms with E-state index in [2.05, 4.69) is 9.89 Å². The average molecular weight is 308 g/mol. The molecule has 1 aromatic carbocycles. The molecule has 0 N–H and O–H groups in total. The van der Waals surface area contributed by atoms with E-state index in [0.29, 0.717) is 17.7 Å². The van der Waals surface area contributed by atoms with E-state index in [-0.39, 0.29) is 17.0 Å². The van der Waals surface area contributed by atoms with E-state index >= 15 is 0 Å². The van der Waals surface area contributed by atoms with Gasteiger partial charge in [0.25, 0.3) is 0 Å². The van der Waals surface area contributed by atoms with Crippen LogP contribution in [0.1, 0.15) is 36.2 Å². The lowest BCUT2D eigenvalue weighted by Gasteiger charge is -2.32. The molecule has 22 heavy (non-hydrogen) atoms. The summed E-state index contributed by atoms with van der Waals surface area (Å²) >= 11 is 0. The Labute approximate surface area is 126 Å². The Morgan fingerprint density at radius 1 is 1.41 bits per heavy atom. The smallest absolute Gasteiger partial charge is 0.338 e. The number of carbonyl (C=O) groups is 1. The van der Waals surface area contributed by atoms with Crippen LogP contribution in [0.2, 0.25) is 0 Å². The largest absolute Gasteiger partial charge is 0.480 e. The van der Waals surface area contributed by atoms with E-state index in [1.807, 2.05) is 0 Å². The lowest BCUT2D eigenvalue weighted by atomic mass is 9.91. The molecule has 0 aliphatic carbocycles. The highest BCUT2D eigenvalue weighted by atomic mass is 16.6. The quantitative estimate of drug-likeness (QED) is 0.482. The molecule has 0 unspecified atom stereocenters. The third kappa shape index (κ3) is 2.85. The summed E-state index contributed by atoms with van der Waals surface area (Å²) in [4.78, 5) is 27.2. The van der Waals surface area contributed by atoms with Gasteiger partial charge in [0.1, 0.15) is 12.7 Å². The van der Waals surface area contributed by atoms with Crippen molar-refractivity contribution in [1.82, 2.24) is 0 Å². The van der Waals surface area contributed by atoms with Gasteiger partial charge in [-0.2, -0.15) is 0 Å². The van der Waals surface area contributed by atoms with Crippen LogP contribution in [0.4, 0.5) is 5.69 Å². The Bertz CT molecular complexity index is 666. The number of nitro groups is 1. The third-order valence-corrected chi connectivity index (χ3v) is 3.17. The van der Waals surface area contributed by atoms with Gasteiger partial charge in [-0.25, -0.2) is 4.79 Å². The van der Waals surface area contributed by atoms with Gasteiger partial charge >= 0.3 is 11.7 Å². The monoisotopic (exact) mass is 308 g/mol. The molecule has 0 radical (unpaired) electrons. The summed E-state index contributed by atoms with van der Waals surface area (Å²) in [7, 11) is 2.59. The standard InChI is InChI=1S/C14H16N2O6/c1-14(2)7-10(15-21-4)9-5-8(13(17)20-3)6-11(16(18)19)12(9)22-14/h5-6H,7H2,1-4H3. The number of benzene rings is 1. The van der Waals surface area contributed by atoms with Crippen LogP contribution in [0.3, 0.4) is 0 Å². The molecule has 1 aliphatic heterocycles. The van der Waals surface area contributed by atoms with Gasteiger partial charge in [0.15, 0.2) is 0 Å². The first kappa shape index (κ1) is 15.7. The van der Waals surface area contributed by atoms with Gasteiger partial charge in [-0.05, 0) is 19.9 Å². The van der Waals surface area contributed by atoms with Crippen LogP contribution >= 0.6 is 0 Å². The molecule has 8 nitrogen and oxygen atoms in total. The lowest BCUT2D eigenvalue weighted by Crippen LogP contribution is -2.36. The average Bonchev–Trinajstić information content (AvgIpc) is 2.44. The molecule has 0 saturated heterocycles. The fraction of sp³-hybridized carbons (Fsp3) is 0.429. The molecule has 0 fully saturated rings. The van der Waals surface area contributed by atoms with Gasteiger partial charge in [0.2, 0.25) is 5.75 Å². The fourth-order valence-electron chi connectivity index (χ4n) is 2.31. The number of nitro benzene ring substituents is 1. The summed E-state index contributed by atoms with van der Waals surface area (Å²) in [6.45, 7) is 3.58. The Kier molecular flexibility index (Phi) is 4.03. The molecule has 0 saturated carbocycles. The molecule has 0 bridgehead atoms. The first-order chi connectivity index (χ1) is 10.3. The number of ether oxygens (including phenoxy) is 2. The zero-order chi connectivity index (χ0) is 16.5. The SMILES string of the molecule is CON=C1CC(C)(C)Oc2c1cc(C(=O)OC)cc2[N+](=O)[O-]. The molecule has 0 atom stereocenters. The van der Waals surface area contributed by atoms with Gasteiger partial charge in [0, 0.05) is 18.1 Å². The van der Waals surface area contributed by atoms with Crippen LogP contribution < -0.4 is 4.74 Å². The normalized spacial score (nSPS) is 17.4. The van der Waals surface area contributed by atoms with E-state index in [4.69, 9.17) is 9.57 Å². The number of methoxy groups -OCH3 is 1. The number of oxime groups is 1. The van der Waals surface area contributed by atoms with E-state index in [1.54, 1.807) is 13.8 Å². The van der Waals surface area contributed by atoms with Crippen molar-refractivity contribution in [1.29, 1.82) is 0 Å². The highest BCUT2D eigenvalue weighted by Crippen LogP contribution is 2.41. The molecule has 1 aromatic rings. The third-order valence-electron chi connectivity index (χ3n) is 3.17. The van der Waals surface area contributed by atoms with Crippen molar-refractivity contribution < 1.29 is 24.0 Å². The second kappa shape index (κ2) is 5.63. The van der Waals surface area contributed by atoms with Gasteiger partial charge in [-0.15, -0.1) is 0 Å². The molecule has 0 aromatic heterocycles. The van der Waals surface area contributed by atoms with Crippen molar-refractivity contribution in [2.45, 2.75) is 25.9 Å². The number of rotatable bonds is 3. The zero-order valence-corrected chi connectivity index (χ0v) is 12.7. The number of carbonyl (C=O) groups excluding carboxylic acids is 1. The minimum atomic E-state index is -0.679. The molecular formula is C14H16N2O6. The van der Waals surface area contributed by atoms with Crippen molar-refractivity contribution in [2.24, 2.45) is 5.16 Å². The van der Waals surface area contributed by atoms with Crippen LogP contribution in [0, 0.1) is 10.1 Å². The molecule has 0 spiro atoms. The van der Waals surface area contributed by atoms with E-state index in [0.717, 1.165) is 6.07 Å². The Balaban J connectivity index is 2.73. The predicted octanol–water partition coefficient (Wildman–Crippen LogP) is 2.29.